The molecule has 1 amide bonds. The molecule has 0 atom stereocenters. The van der Waals surface area contributed by atoms with Crippen molar-refractivity contribution in [3.8, 4) is 6.07 Å². The summed E-state index contributed by atoms with van der Waals surface area (Å²) < 4.78 is 11.8. The van der Waals surface area contributed by atoms with Crippen molar-refractivity contribution in [2.75, 3.05) is 0 Å². The number of amides is 1. The highest BCUT2D eigenvalue weighted by molar-refractivity contribution is 6.62. The predicted octanol–water partition coefficient (Wildman–Crippen LogP) is 0.956. The van der Waals surface area contributed by atoms with Crippen LogP contribution >= 0.6 is 0 Å². The van der Waals surface area contributed by atoms with Crippen LogP contribution in [0.25, 0.3) is 0 Å². The summed E-state index contributed by atoms with van der Waals surface area (Å²) in [6.45, 7) is 7.80. The lowest BCUT2D eigenvalue weighted by Gasteiger charge is -2.32. The Morgan fingerprint density at radius 3 is 2.25 bits per heavy atom. The Morgan fingerprint density at radius 2 is 1.80 bits per heavy atom. The van der Waals surface area contributed by atoms with E-state index in [1.807, 2.05) is 33.8 Å². The SMILES string of the molecule is CC1(C)OB(c2ccc(C#N)c(C(N)=O)c2)OC1(C)C. The molecule has 1 saturated heterocycles. The molecular weight excluding hydrogens is 255 g/mol. The molecule has 0 aliphatic carbocycles. The summed E-state index contributed by atoms with van der Waals surface area (Å²) in [6, 6.07) is 6.77. The molecule has 0 unspecified atom stereocenters. The summed E-state index contributed by atoms with van der Waals surface area (Å²) in [4.78, 5) is 11.4. The van der Waals surface area contributed by atoms with E-state index in [-0.39, 0.29) is 11.1 Å². The molecule has 1 aliphatic rings. The van der Waals surface area contributed by atoms with Crippen molar-refractivity contribution in [2.45, 2.75) is 38.9 Å². The number of nitrogens with zero attached hydrogens (tertiary/aromatic N) is 1. The van der Waals surface area contributed by atoms with E-state index in [0.717, 1.165) is 0 Å². The Hall–Kier alpha value is -1.84. The van der Waals surface area contributed by atoms with Gasteiger partial charge >= 0.3 is 7.12 Å². The van der Waals surface area contributed by atoms with E-state index in [1.165, 1.54) is 0 Å². The minimum Gasteiger partial charge on any atom is -0.399 e. The molecule has 20 heavy (non-hydrogen) atoms. The maximum atomic E-state index is 11.4. The molecule has 1 aliphatic heterocycles. The molecular formula is C14H17BN2O3. The third-order valence-corrected chi connectivity index (χ3v) is 3.95. The lowest BCUT2D eigenvalue weighted by atomic mass is 9.77. The van der Waals surface area contributed by atoms with Crippen molar-refractivity contribution in [1.82, 2.24) is 0 Å². The zero-order valence-electron chi connectivity index (χ0n) is 12.1. The second-order valence-electron chi connectivity index (χ2n) is 5.87. The highest BCUT2D eigenvalue weighted by Crippen LogP contribution is 2.36. The van der Waals surface area contributed by atoms with Gasteiger partial charge in [0.2, 0.25) is 5.91 Å². The van der Waals surface area contributed by atoms with Gasteiger partial charge < -0.3 is 15.0 Å². The maximum Gasteiger partial charge on any atom is 0.494 e. The molecule has 0 saturated carbocycles. The molecule has 6 heteroatoms. The number of nitrogens with two attached hydrogens (primary N) is 1. The summed E-state index contributed by atoms with van der Waals surface area (Å²) in [5.41, 5.74) is 5.48. The van der Waals surface area contributed by atoms with Gasteiger partial charge in [0.1, 0.15) is 0 Å². The number of carbonyl (C=O) groups is 1. The molecule has 104 valence electrons. The quantitative estimate of drug-likeness (QED) is 0.812. The van der Waals surface area contributed by atoms with Gasteiger partial charge in [-0.2, -0.15) is 5.26 Å². The van der Waals surface area contributed by atoms with Crippen LogP contribution < -0.4 is 11.2 Å². The largest absolute Gasteiger partial charge is 0.494 e. The van der Waals surface area contributed by atoms with Crippen molar-refractivity contribution in [3.63, 3.8) is 0 Å². The highest BCUT2D eigenvalue weighted by Gasteiger charge is 2.51. The fraction of sp³-hybridized carbons (Fsp3) is 0.429. The van der Waals surface area contributed by atoms with E-state index < -0.39 is 24.2 Å². The van der Waals surface area contributed by atoms with Gasteiger partial charge in [-0.15, -0.1) is 0 Å². The normalized spacial score (nSPS) is 19.6. The summed E-state index contributed by atoms with van der Waals surface area (Å²) >= 11 is 0. The van der Waals surface area contributed by atoms with Crippen molar-refractivity contribution in [2.24, 2.45) is 5.73 Å². The average Bonchev–Trinajstić information content (AvgIpc) is 2.57. The first kappa shape index (κ1) is 14.6. The monoisotopic (exact) mass is 272 g/mol. The van der Waals surface area contributed by atoms with Gasteiger partial charge in [-0.1, -0.05) is 6.07 Å². The molecule has 5 nitrogen and oxygen atoms in total. The molecule has 0 radical (unpaired) electrons. The second-order valence-corrected chi connectivity index (χ2v) is 5.87. The zero-order valence-corrected chi connectivity index (χ0v) is 12.1. The third-order valence-electron chi connectivity index (χ3n) is 3.95. The Morgan fingerprint density at radius 1 is 1.25 bits per heavy atom. The molecule has 1 aromatic carbocycles. The van der Waals surface area contributed by atoms with Crippen molar-refractivity contribution in [3.05, 3.63) is 29.3 Å². The summed E-state index contributed by atoms with van der Waals surface area (Å²) in [5.74, 6) is -0.639. The number of primary amides is 1. The number of hydrogen-bond acceptors (Lipinski definition) is 4. The van der Waals surface area contributed by atoms with Gasteiger partial charge in [0.25, 0.3) is 0 Å². The Kier molecular flexibility index (Phi) is 3.36. The van der Waals surface area contributed by atoms with E-state index in [2.05, 4.69) is 0 Å². The van der Waals surface area contributed by atoms with Crippen LogP contribution in [0, 0.1) is 11.3 Å². The van der Waals surface area contributed by atoms with Crippen LogP contribution in [0.1, 0.15) is 43.6 Å². The third kappa shape index (κ3) is 2.30. The Balaban J connectivity index is 2.39. The van der Waals surface area contributed by atoms with Crippen LogP contribution in [-0.4, -0.2) is 24.2 Å². The minimum atomic E-state index is -0.639. The first-order chi connectivity index (χ1) is 9.18. The molecule has 2 rings (SSSR count). The number of rotatable bonds is 2. The van der Waals surface area contributed by atoms with Crippen LogP contribution in [-0.2, 0) is 9.31 Å². The molecule has 1 heterocycles. The molecule has 1 fully saturated rings. The van der Waals surface area contributed by atoms with Crippen LogP contribution in [0.5, 0.6) is 0 Å². The number of nitriles is 1. The minimum absolute atomic E-state index is 0.180. The molecule has 1 aromatic rings. The molecule has 0 bridgehead atoms. The van der Waals surface area contributed by atoms with Crippen molar-refractivity contribution >= 4 is 18.5 Å². The van der Waals surface area contributed by atoms with Crippen LogP contribution in [0.15, 0.2) is 18.2 Å². The number of carbonyl (C=O) groups excluding carboxylic acids is 1. The van der Waals surface area contributed by atoms with Crippen molar-refractivity contribution in [1.29, 1.82) is 5.26 Å². The summed E-state index contributed by atoms with van der Waals surface area (Å²) in [6.07, 6.45) is 0. The van der Waals surface area contributed by atoms with Crippen molar-refractivity contribution < 1.29 is 14.1 Å². The molecule has 0 spiro atoms. The van der Waals surface area contributed by atoms with Gasteiger partial charge in [-0.25, -0.2) is 0 Å². The standard InChI is InChI=1S/C14H17BN2O3/c1-13(2)14(3,4)20-15(19-13)10-6-5-9(8-16)11(7-10)12(17)18/h5-7H,1-4H3,(H2,17,18). The maximum absolute atomic E-state index is 11.4. The van der Waals surface area contributed by atoms with Gasteiger partial charge in [0, 0.05) is 0 Å². The summed E-state index contributed by atoms with van der Waals surface area (Å²) in [7, 11) is -0.578. The van der Waals surface area contributed by atoms with Gasteiger partial charge in [0.05, 0.1) is 28.4 Å². The van der Waals surface area contributed by atoms with Gasteiger partial charge in [-0.05, 0) is 45.3 Å². The molecule has 2 N–H and O–H groups in total. The lowest BCUT2D eigenvalue weighted by Crippen LogP contribution is -2.41. The topological polar surface area (TPSA) is 85.3 Å². The van der Waals surface area contributed by atoms with Gasteiger partial charge in [0.15, 0.2) is 0 Å². The fourth-order valence-electron chi connectivity index (χ4n) is 1.99. The van der Waals surface area contributed by atoms with Crippen LogP contribution in [0.2, 0.25) is 0 Å². The fourth-order valence-corrected chi connectivity index (χ4v) is 1.99. The first-order valence-electron chi connectivity index (χ1n) is 6.37. The number of benzene rings is 1. The van der Waals surface area contributed by atoms with E-state index in [9.17, 15) is 4.79 Å². The van der Waals surface area contributed by atoms with E-state index in [4.69, 9.17) is 20.3 Å². The van der Waals surface area contributed by atoms with E-state index >= 15 is 0 Å². The lowest BCUT2D eigenvalue weighted by molar-refractivity contribution is 0.00578. The van der Waals surface area contributed by atoms with E-state index in [0.29, 0.717) is 5.46 Å². The average molecular weight is 272 g/mol. The summed E-state index contributed by atoms with van der Waals surface area (Å²) in [5, 5.41) is 8.97. The van der Waals surface area contributed by atoms with Crippen LogP contribution in [0.3, 0.4) is 0 Å². The second kappa shape index (κ2) is 4.62. The highest BCUT2D eigenvalue weighted by atomic mass is 16.7. The first-order valence-corrected chi connectivity index (χ1v) is 6.37. The zero-order chi connectivity index (χ0) is 15.1. The van der Waals surface area contributed by atoms with Crippen LogP contribution in [0.4, 0.5) is 0 Å². The number of hydrogen-bond donors (Lipinski definition) is 1. The molecule has 0 aromatic heterocycles. The Labute approximate surface area is 118 Å². The Bertz CT molecular complexity index is 589. The van der Waals surface area contributed by atoms with Gasteiger partial charge in [-0.3, -0.25) is 4.79 Å². The predicted molar refractivity (Wildman–Crippen MR) is 75.4 cm³/mol. The smallest absolute Gasteiger partial charge is 0.399 e. The van der Waals surface area contributed by atoms with E-state index in [1.54, 1.807) is 18.2 Å².